The summed E-state index contributed by atoms with van der Waals surface area (Å²) in [4.78, 5) is 19.8. The van der Waals surface area contributed by atoms with E-state index in [0.29, 0.717) is 22.5 Å². The van der Waals surface area contributed by atoms with Gasteiger partial charge in [0.25, 0.3) is 0 Å². The standard InChI is InChI=1S/C18H19ClN4O3S2/c1-2-3-7-28(25,26)18-16(11(20)8-13(19)22-18)10-5-4-6-12-17(10)23-15(27-12)9-14(21)24/h4-6,8H,2-3,7,9H2,1H3,(H2,20,22)(H2,21,24). The third-order valence-corrected chi connectivity index (χ3v) is 7.03. The molecule has 0 saturated carbocycles. The van der Waals surface area contributed by atoms with Gasteiger partial charge < -0.3 is 11.5 Å². The molecule has 0 atom stereocenters. The molecule has 1 amide bonds. The second-order valence-electron chi connectivity index (χ2n) is 6.29. The Morgan fingerprint density at radius 1 is 1.29 bits per heavy atom. The molecule has 0 unspecified atom stereocenters. The summed E-state index contributed by atoms with van der Waals surface area (Å²) in [5.74, 6) is -0.542. The SMILES string of the molecule is CCCCS(=O)(=O)c1nc(Cl)cc(N)c1-c1cccc2sc(CC(N)=O)nc12. The molecule has 0 aliphatic heterocycles. The van der Waals surface area contributed by atoms with Crippen molar-refractivity contribution >= 4 is 54.6 Å². The maximum atomic E-state index is 12.9. The first-order valence-electron chi connectivity index (χ1n) is 8.58. The number of hydrogen-bond acceptors (Lipinski definition) is 7. The molecular formula is C18H19ClN4O3S2. The number of nitrogens with two attached hydrogens (primary N) is 2. The molecule has 0 saturated heterocycles. The summed E-state index contributed by atoms with van der Waals surface area (Å²) in [5.41, 5.74) is 13.0. The lowest BCUT2D eigenvalue weighted by molar-refractivity contribution is -0.117. The number of nitrogen functional groups attached to an aromatic ring is 1. The summed E-state index contributed by atoms with van der Waals surface area (Å²) in [7, 11) is -3.70. The molecule has 0 radical (unpaired) electrons. The van der Waals surface area contributed by atoms with Gasteiger partial charge in [0.05, 0.1) is 22.4 Å². The van der Waals surface area contributed by atoms with Gasteiger partial charge in [-0.3, -0.25) is 4.79 Å². The molecule has 0 aliphatic carbocycles. The van der Waals surface area contributed by atoms with Crippen LogP contribution >= 0.6 is 22.9 Å². The number of nitrogens with zero attached hydrogens (tertiary/aromatic N) is 2. The molecule has 4 N–H and O–H groups in total. The zero-order valence-electron chi connectivity index (χ0n) is 15.1. The number of hydrogen-bond donors (Lipinski definition) is 2. The third-order valence-electron chi connectivity index (χ3n) is 4.10. The predicted octanol–water partition coefficient (Wildman–Crippen LogP) is 3.20. The van der Waals surface area contributed by atoms with Crippen molar-refractivity contribution in [2.45, 2.75) is 31.2 Å². The quantitative estimate of drug-likeness (QED) is 0.545. The van der Waals surface area contributed by atoms with E-state index in [-0.39, 0.29) is 33.6 Å². The highest BCUT2D eigenvalue weighted by atomic mass is 35.5. The van der Waals surface area contributed by atoms with Crippen molar-refractivity contribution in [3.8, 4) is 11.1 Å². The first kappa shape index (κ1) is 20.5. The fourth-order valence-electron chi connectivity index (χ4n) is 2.86. The number of rotatable bonds is 7. The lowest BCUT2D eigenvalue weighted by Crippen LogP contribution is -2.13. The fourth-order valence-corrected chi connectivity index (χ4v) is 5.75. The van der Waals surface area contributed by atoms with E-state index in [2.05, 4.69) is 9.97 Å². The number of benzene rings is 1. The van der Waals surface area contributed by atoms with Gasteiger partial charge in [0, 0.05) is 16.8 Å². The average molecular weight is 439 g/mol. The minimum atomic E-state index is -3.70. The highest BCUT2D eigenvalue weighted by molar-refractivity contribution is 7.91. The van der Waals surface area contributed by atoms with E-state index in [1.165, 1.54) is 17.4 Å². The van der Waals surface area contributed by atoms with Crippen molar-refractivity contribution in [3.05, 3.63) is 34.4 Å². The van der Waals surface area contributed by atoms with Crippen molar-refractivity contribution in [1.82, 2.24) is 9.97 Å². The van der Waals surface area contributed by atoms with Gasteiger partial charge in [0.15, 0.2) is 14.9 Å². The van der Waals surface area contributed by atoms with Crippen LogP contribution in [0, 0.1) is 0 Å². The van der Waals surface area contributed by atoms with Crippen molar-refractivity contribution < 1.29 is 13.2 Å². The normalized spacial score (nSPS) is 11.8. The van der Waals surface area contributed by atoms with Crippen molar-refractivity contribution in [3.63, 3.8) is 0 Å². The van der Waals surface area contributed by atoms with Crippen LogP contribution in [0.15, 0.2) is 29.3 Å². The number of primary amides is 1. The summed E-state index contributed by atoms with van der Waals surface area (Å²) in [6, 6.07) is 6.77. The molecule has 28 heavy (non-hydrogen) atoms. The minimum Gasteiger partial charge on any atom is -0.398 e. The van der Waals surface area contributed by atoms with E-state index < -0.39 is 15.7 Å². The Bertz CT molecular complexity index is 1160. The van der Waals surface area contributed by atoms with Crippen LogP contribution in [-0.2, 0) is 21.1 Å². The van der Waals surface area contributed by atoms with Gasteiger partial charge in [0.1, 0.15) is 10.2 Å². The number of aromatic nitrogens is 2. The van der Waals surface area contributed by atoms with Crippen LogP contribution in [0.4, 0.5) is 5.69 Å². The average Bonchev–Trinajstić information content (AvgIpc) is 3.01. The third kappa shape index (κ3) is 4.11. The van der Waals surface area contributed by atoms with Crippen LogP contribution < -0.4 is 11.5 Å². The van der Waals surface area contributed by atoms with E-state index in [0.717, 1.165) is 11.1 Å². The molecule has 1 aromatic carbocycles. The molecule has 148 valence electrons. The number of amides is 1. The molecule has 0 bridgehead atoms. The second kappa shape index (κ2) is 8.02. The van der Waals surface area contributed by atoms with Crippen molar-refractivity contribution in [2.24, 2.45) is 5.73 Å². The summed E-state index contributed by atoms with van der Waals surface area (Å²) in [5, 5.41) is 0.407. The molecule has 2 heterocycles. The van der Waals surface area contributed by atoms with Crippen molar-refractivity contribution in [1.29, 1.82) is 0 Å². The van der Waals surface area contributed by atoms with E-state index in [1.54, 1.807) is 12.1 Å². The molecule has 3 rings (SSSR count). The Labute approximate surface area is 171 Å². The van der Waals surface area contributed by atoms with Gasteiger partial charge in [-0.1, -0.05) is 37.1 Å². The van der Waals surface area contributed by atoms with Gasteiger partial charge in [0.2, 0.25) is 5.91 Å². The number of sulfone groups is 1. The molecule has 0 fully saturated rings. The number of fused-ring (bicyclic) bond motifs is 1. The van der Waals surface area contributed by atoms with Crippen LogP contribution in [-0.4, -0.2) is 30.0 Å². The first-order chi connectivity index (χ1) is 13.2. The topological polar surface area (TPSA) is 129 Å². The molecule has 10 heteroatoms. The zero-order valence-corrected chi connectivity index (χ0v) is 17.5. The summed E-state index contributed by atoms with van der Waals surface area (Å²) >= 11 is 7.33. The maximum Gasteiger partial charge on any atom is 0.224 e. The van der Waals surface area contributed by atoms with Crippen LogP contribution in [0.3, 0.4) is 0 Å². The van der Waals surface area contributed by atoms with E-state index in [4.69, 9.17) is 23.1 Å². The van der Waals surface area contributed by atoms with Gasteiger partial charge in [-0.2, -0.15) is 0 Å². The Morgan fingerprint density at radius 2 is 2.04 bits per heavy atom. The van der Waals surface area contributed by atoms with E-state index in [1.807, 2.05) is 13.0 Å². The van der Waals surface area contributed by atoms with Gasteiger partial charge in [-0.25, -0.2) is 18.4 Å². The maximum absolute atomic E-state index is 12.9. The van der Waals surface area contributed by atoms with Crippen LogP contribution in [0.5, 0.6) is 0 Å². The van der Waals surface area contributed by atoms with Crippen LogP contribution in [0.25, 0.3) is 21.3 Å². The number of thiazole rings is 1. The zero-order chi connectivity index (χ0) is 20.5. The second-order valence-corrected chi connectivity index (χ2v) is 9.82. The molecular weight excluding hydrogens is 420 g/mol. The van der Waals surface area contributed by atoms with Crippen LogP contribution in [0.1, 0.15) is 24.8 Å². The smallest absolute Gasteiger partial charge is 0.224 e. The molecule has 2 aromatic heterocycles. The highest BCUT2D eigenvalue weighted by Crippen LogP contribution is 2.39. The number of halogens is 1. The molecule has 0 spiro atoms. The Morgan fingerprint density at radius 3 is 2.71 bits per heavy atom. The van der Waals surface area contributed by atoms with Gasteiger partial charge in [-0.15, -0.1) is 11.3 Å². The Kier molecular flexibility index (Phi) is 5.87. The number of carbonyl (C=O) groups is 1. The number of anilines is 1. The molecule has 3 aromatic rings. The number of para-hydroxylation sites is 1. The number of carbonyl (C=O) groups excluding carboxylic acids is 1. The Hall–Kier alpha value is -2.23. The number of unbranched alkanes of at least 4 members (excludes halogenated alkanes) is 1. The van der Waals surface area contributed by atoms with E-state index >= 15 is 0 Å². The van der Waals surface area contributed by atoms with Gasteiger partial charge >= 0.3 is 0 Å². The molecule has 0 aliphatic rings. The first-order valence-corrected chi connectivity index (χ1v) is 11.4. The summed E-state index contributed by atoms with van der Waals surface area (Å²) in [6.07, 6.45) is 1.23. The predicted molar refractivity (Wildman–Crippen MR) is 112 cm³/mol. The largest absolute Gasteiger partial charge is 0.398 e. The highest BCUT2D eigenvalue weighted by Gasteiger charge is 2.26. The fraction of sp³-hybridized carbons (Fsp3) is 0.278. The molecule has 7 nitrogen and oxygen atoms in total. The minimum absolute atomic E-state index is 0.00872. The summed E-state index contributed by atoms with van der Waals surface area (Å²) in [6.45, 7) is 1.91. The summed E-state index contributed by atoms with van der Waals surface area (Å²) < 4.78 is 26.6. The Balaban J connectivity index is 2.27. The number of pyridine rings is 1. The van der Waals surface area contributed by atoms with Crippen LogP contribution in [0.2, 0.25) is 5.15 Å². The van der Waals surface area contributed by atoms with E-state index in [9.17, 15) is 13.2 Å². The lowest BCUT2D eigenvalue weighted by Gasteiger charge is -2.13. The van der Waals surface area contributed by atoms with Crippen molar-refractivity contribution in [2.75, 3.05) is 11.5 Å². The van der Waals surface area contributed by atoms with Gasteiger partial charge in [-0.05, 0) is 18.6 Å². The monoisotopic (exact) mass is 438 g/mol. The lowest BCUT2D eigenvalue weighted by atomic mass is 10.0.